The molecule has 0 unspecified atom stereocenters. The standard InChI is InChI=1S/C26H20N2O2/c1-16-4-2-5-19-20-10-8-17(14-24(20)29-23(19)12-7-16)28-18-9-11-21-22-6-3-13-27-26(22)30-25(21)15-18/h2-6,8-11,13-15,28H,7,12H2,1H3/b5-2-,16-4+. The van der Waals surface area contributed by atoms with E-state index in [4.69, 9.17) is 8.83 Å². The van der Waals surface area contributed by atoms with Gasteiger partial charge in [-0.1, -0.05) is 23.8 Å². The van der Waals surface area contributed by atoms with Crippen LogP contribution >= 0.6 is 0 Å². The van der Waals surface area contributed by atoms with E-state index in [9.17, 15) is 0 Å². The molecular formula is C26H20N2O2. The number of nitrogens with one attached hydrogen (secondary N) is 1. The van der Waals surface area contributed by atoms with Gasteiger partial charge in [0.2, 0.25) is 5.71 Å². The van der Waals surface area contributed by atoms with Crippen molar-refractivity contribution >= 4 is 50.5 Å². The number of allylic oxidation sites excluding steroid dienone is 3. The van der Waals surface area contributed by atoms with Crippen LogP contribution in [0.1, 0.15) is 24.7 Å². The summed E-state index contributed by atoms with van der Waals surface area (Å²) in [6.45, 7) is 2.16. The number of aromatic nitrogens is 1. The molecule has 5 aromatic rings. The highest BCUT2D eigenvalue weighted by Gasteiger charge is 2.14. The molecule has 3 aromatic heterocycles. The smallest absolute Gasteiger partial charge is 0.227 e. The number of rotatable bonds is 2. The first-order chi connectivity index (χ1) is 14.7. The van der Waals surface area contributed by atoms with Gasteiger partial charge in [0, 0.05) is 57.8 Å². The number of hydrogen-bond donors (Lipinski definition) is 1. The van der Waals surface area contributed by atoms with Crippen LogP contribution in [-0.2, 0) is 6.42 Å². The summed E-state index contributed by atoms with van der Waals surface area (Å²) in [4.78, 5) is 4.31. The van der Waals surface area contributed by atoms with Gasteiger partial charge in [0.25, 0.3) is 0 Å². The number of pyridine rings is 1. The molecule has 0 saturated carbocycles. The topological polar surface area (TPSA) is 51.2 Å². The maximum Gasteiger partial charge on any atom is 0.227 e. The number of hydrogen-bond acceptors (Lipinski definition) is 4. The summed E-state index contributed by atoms with van der Waals surface area (Å²) < 4.78 is 12.1. The van der Waals surface area contributed by atoms with Gasteiger partial charge in [0.05, 0.1) is 0 Å². The van der Waals surface area contributed by atoms with Crippen molar-refractivity contribution in [3.05, 3.63) is 83.8 Å². The van der Waals surface area contributed by atoms with Crippen LogP contribution in [-0.4, -0.2) is 4.98 Å². The molecule has 0 bridgehead atoms. The van der Waals surface area contributed by atoms with Crippen molar-refractivity contribution in [3.8, 4) is 0 Å². The molecule has 0 saturated heterocycles. The first-order valence-electron chi connectivity index (χ1n) is 10.2. The van der Waals surface area contributed by atoms with Gasteiger partial charge >= 0.3 is 0 Å². The van der Waals surface area contributed by atoms with Crippen molar-refractivity contribution < 1.29 is 8.83 Å². The molecule has 0 radical (unpaired) electrons. The molecule has 30 heavy (non-hydrogen) atoms. The van der Waals surface area contributed by atoms with Crippen molar-refractivity contribution in [2.24, 2.45) is 0 Å². The van der Waals surface area contributed by atoms with E-state index < -0.39 is 0 Å². The van der Waals surface area contributed by atoms with Crippen molar-refractivity contribution in [2.75, 3.05) is 5.32 Å². The van der Waals surface area contributed by atoms with Gasteiger partial charge in [-0.25, -0.2) is 4.98 Å². The summed E-state index contributed by atoms with van der Waals surface area (Å²) >= 11 is 0. The first-order valence-corrected chi connectivity index (χ1v) is 10.2. The molecular weight excluding hydrogens is 372 g/mol. The van der Waals surface area contributed by atoms with Crippen molar-refractivity contribution in [1.29, 1.82) is 0 Å². The van der Waals surface area contributed by atoms with E-state index >= 15 is 0 Å². The molecule has 6 rings (SSSR count). The van der Waals surface area contributed by atoms with Crippen LogP contribution in [0.25, 0.3) is 39.1 Å². The van der Waals surface area contributed by atoms with E-state index in [0.717, 1.165) is 57.3 Å². The first kappa shape index (κ1) is 17.1. The van der Waals surface area contributed by atoms with Crippen LogP contribution in [0, 0.1) is 0 Å². The lowest BCUT2D eigenvalue weighted by Crippen LogP contribution is -1.89. The minimum atomic E-state index is 0.664. The van der Waals surface area contributed by atoms with Gasteiger partial charge in [-0.05, 0) is 49.7 Å². The zero-order valence-corrected chi connectivity index (χ0v) is 16.6. The summed E-state index contributed by atoms with van der Waals surface area (Å²) in [5.74, 6) is 1.06. The average Bonchev–Trinajstić information content (AvgIpc) is 3.27. The fourth-order valence-corrected chi connectivity index (χ4v) is 4.17. The Hall–Kier alpha value is -3.79. The van der Waals surface area contributed by atoms with Crippen LogP contribution in [0.15, 0.2) is 81.3 Å². The minimum absolute atomic E-state index is 0.664. The maximum atomic E-state index is 6.22. The highest BCUT2D eigenvalue weighted by molar-refractivity contribution is 6.04. The average molecular weight is 392 g/mol. The van der Waals surface area contributed by atoms with Gasteiger partial charge in [0.15, 0.2) is 0 Å². The van der Waals surface area contributed by atoms with E-state index in [1.807, 2.05) is 18.2 Å². The summed E-state index contributed by atoms with van der Waals surface area (Å²) in [6.07, 6.45) is 10.1. The monoisotopic (exact) mass is 392 g/mol. The Morgan fingerprint density at radius 2 is 1.67 bits per heavy atom. The molecule has 0 aliphatic heterocycles. The van der Waals surface area contributed by atoms with E-state index in [0.29, 0.717) is 5.71 Å². The molecule has 146 valence electrons. The quantitative estimate of drug-likeness (QED) is 0.340. The summed E-state index contributed by atoms with van der Waals surface area (Å²) in [6, 6.07) is 16.4. The third-order valence-corrected chi connectivity index (χ3v) is 5.73. The predicted octanol–water partition coefficient (Wildman–Crippen LogP) is 7.38. The Balaban J connectivity index is 1.36. The molecule has 3 heterocycles. The van der Waals surface area contributed by atoms with Crippen molar-refractivity contribution in [2.45, 2.75) is 19.8 Å². The predicted molar refractivity (Wildman–Crippen MR) is 122 cm³/mol. The lowest BCUT2D eigenvalue weighted by molar-refractivity contribution is 0.545. The molecule has 0 amide bonds. The Morgan fingerprint density at radius 3 is 2.53 bits per heavy atom. The highest BCUT2D eigenvalue weighted by atomic mass is 16.3. The summed E-state index contributed by atoms with van der Waals surface area (Å²) in [5, 5.41) is 6.73. The van der Waals surface area contributed by atoms with Crippen LogP contribution in [0.3, 0.4) is 0 Å². The normalized spacial score (nSPS) is 16.8. The number of anilines is 2. The molecule has 4 heteroatoms. The van der Waals surface area contributed by atoms with Gasteiger partial charge in [-0.15, -0.1) is 0 Å². The van der Waals surface area contributed by atoms with Crippen LogP contribution in [0.4, 0.5) is 11.4 Å². The number of fused-ring (bicyclic) bond motifs is 6. The largest absolute Gasteiger partial charge is 0.460 e. The number of aryl methyl sites for hydroxylation is 1. The van der Waals surface area contributed by atoms with Gasteiger partial charge in [0.1, 0.15) is 16.9 Å². The maximum absolute atomic E-state index is 6.22. The molecule has 0 spiro atoms. The fraction of sp³-hybridized carbons (Fsp3) is 0.115. The minimum Gasteiger partial charge on any atom is -0.460 e. The molecule has 1 aliphatic carbocycles. The third kappa shape index (κ3) is 2.80. The molecule has 0 fully saturated rings. The molecule has 1 N–H and O–H groups in total. The van der Waals surface area contributed by atoms with Gasteiger partial charge in [-0.3, -0.25) is 0 Å². The van der Waals surface area contributed by atoms with Crippen LogP contribution in [0.5, 0.6) is 0 Å². The number of benzene rings is 2. The Morgan fingerprint density at radius 1 is 0.867 bits per heavy atom. The second-order valence-corrected chi connectivity index (χ2v) is 7.82. The molecule has 2 aromatic carbocycles. The fourth-order valence-electron chi connectivity index (χ4n) is 4.17. The molecule has 0 atom stereocenters. The zero-order valence-electron chi connectivity index (χ0n) is 16.6. The van der Waals surface area contributed by atoms with Crippen molar-refractivity contribution in [3.63, 3.8) is 0 Å². The lowest BCUT2D eigenvalue weighted by Gasteiger charge is -2.06. The number of nitrogens with zero attached hydrogens (tertiary/aromatic N) is 1. The van der Waals surface area contributed by atoms with E-state index in [1.165, 1.54) is 11.1 Å². The Labute approximate surface area is 173 Å². The summed E-state index contributed by atoms with van der Waals surface area (Å²) in [5.41, 5.74) is 6.90. The van der Waals surface area contributed by atoms with Crippen LogP contribution < -0.4 is 5.32 Å². The number of furan rings is 2. The van der Waals surface area contributed by atoms with Gasteiger partial charge in [-0.2, -0.15) is 0 Å². The van der Waals surface area contributed by atoms with Crippen LogP contribution in [0.2, 0.25) is 0 Å². The van der Waals surface area contributed by atoms with E-state index in [2.05, 4.69) is 65.8 Å². The molecule has 4 nitrogen and oxygen atoms in total. The second-order valence-electron chi connectivity index (χ2n) is 7.82. The molecule has 1 aliphatic rings. The van der Waals surface area contributed by atoms with Gasteiger partial charge < -0.3 is 14.2 Å². The van der Waals surface area contributed by atoms with Crippen molar-refractivity contribution in [1.82, 2.24) is 4.98 Å². The van der Waals surface area contributed by atoms with E-state index in [1.54, 1.807) is 6.20 Å². The lowest BCUT2D eigenvalue weighted by atomic mass is 10.0. The zero-order chi connectivity index (χ0) is 20.1. The van der Waals surface area contributed by atoms with E-state index in [-0.39, 0.29) is 0 Å². The Kier molecular flexibility index (Phi) is 3.78. The second kappa shape index (κ2) is 6.63. The SMILES string of the molecule is C/C1=C\C=C/c2c(oc3cc(Nc4ccc5c(c4)oc4ncccc45)ccc23)CC1. The highest BCUT2D eigenvalue weighted by Crippen LogP contribution is 2.34. The summed E-state index contributed by atoms with van der Waals surface area (Å²) in [7, 11) is 0. The third-order valence-electron chi connectivity index (χ3n) is 5.73. The Bertz CT molecular complexity index is 1480.